The Balaban J connectivity index is 2.16. The topological polar surface area (TPSA) is 67.8 Å². The van der Waals surface area contributed by atoms with E-state index in [0.29, 0.717) is 23.6 Å². The highest BCUT2D eigenvalue weighted by Crippen LogP contribution is 2.16. The maximum absolute atomic E-state index is 13.2. The fourth-order valence-electron chi connectivity index (χ4n) is 1.84. The van der Waals surface area contributed by atoms with Crippen molar-refractivity contribution in [2.75, 3.05) is 6.61 Å². The third-order valence-corrected chi connectivity index (χ3v) is 4.25. The lowest BCUT2D eigenvalue weighted by molar-refractivity contribution is 0.340. The molecule has 1 N–H and O–H groups in total. The number of nitrogens with one attached hydrogen (secondary N) is 1. The molecule has 122 valence electrons. The van der Waals surface area contributed by atoms with Crippen LogP contribution in [-0.4, -0.2) is 20.7 Å². The standard InChI is InChI=1S/C16H17FN2O3S/c1-3-22-15-7-9-16(10-8-15)23(20,21)19-18-12(2)13-5-4-6-14(17)11-13/h4-11,19H,3H2,1-2H3/b18-12+. The zero-order valence-corrected chi connectivity index (χ0v) is 13.6. The number of rotatable bonds is 6. The molecule has 0 aliphatic heterocycles. The third-order valence-electron chi connectivity index (χ3n) is 3.02. The number of hydrogen-bond donors (Lipinski definition) is 1. The Bertz CT molecular complexity index is 802. The lowest BCUT2D eigenvalue weighted by atomic mass is 10.1. The van der Waals surface area contributed by atoms with Crippen molar-refractivity contribution < 1.29 is 17.5 Å². The Morgan fingerprint density at radius 1 is 1.22 bits per heavy atom. The van der Waals surface area contributed by atoms with E-state index in [9.17, 15) is 12.8 Å². The quantitative estimate of drug-likeness (QED) is 0.651. The highest BCUT2D eigenvalue weighted by atomic mass is 32.2. The van der Waals surface area contributed by atoms with Crippen LogP contribution in [0.4, 0.5) is 4.39 Å². The molecule has 2 aromatic rings. The number of hydrazone groups is 1. The largest absolute Gasteiger partial charge is 0.494 e. The summed E-state index contributed by atoms with van der Waals surface area (Å²) in [5.41, 5.74) is 0.860. The second-order valence-corrected chi connectivity index (χ2v) is 6.37. The van der Waals surface area contributed by atoms with Gasteiger partial charge in [-0.2, -0.15) is 18.4 Å². The Morgan fingerprint density at radius 3 is 2.52 bits per heavy atom. The van der Waals surface area contributed by atoms with Gasteiger partial charge >= 0.3 is 0 Å². The summed E-state index contributed by atoms with van der Waals surface area (Å²) >= 11 is 0. The van der Waals surface area contributed by atoms with Crippen molar-refractivity contribution in [3.63, 3.8) is 0 Å². The average molecular weight is 336 g/mol. The molecular formula is C16H17FN2O3S. The number of sulfonamides is 1. The van der Waals surface area contributed by atoms with Gasteiger partial charge in [0.2, 0.25) is 0 Å². The second-order valence-electron chi connectivity index (χ2n) is 4.71. The van der Waals surface area contributed by atoms with Crippen LogP contribution in [0.15, 0.2) is 58.5 Å². The summed E-state index contributed by atoms with van der Waals surface area (Å²) in [5.74, 6) is 0.178. The van der Waals surface area contributed by atoms with Gasteiger partial charge in [0.1, 0.15) is 11.6 Å². The minimum atomic E-state index is -3.79. The van der Waals surface area contributed by atoms with E-state index < -0.39 is 15.8 Å². The van der Waals surface area contributed by atoms with Crippen molar-refractivity contribution in [3.05, 3.63) is 59.9 Å². The highest BCUT2D eigenvalue weighted by molar-refractivity contribution is 7.89. The van der Waals surface area contributed by atoms with E-state index in [1.807, 2.05) is 6.92 Å². The number of halogens is 1. The predicted molar refractivity (Wildman–Crippen MR) is 86.5 cm³/mol. The first-order valence-corrected chi connectivity index (χ1v) is 8.45. The molecule has 0 aliphatic rings. The minimum Gasteiger partial charge on any atom is -0.494 e. The molecule has 2 rings (SSSR count). The fourth-order valence-corrected chi connectivity index (χ4v) is 2.70. The van der Waals surface area contributed by atoms with Gasteiger partial charge < -0.3 is 4.74 Å². The smallest absolute Gasteiger partial charge is 0.276 e. The molecule has 7 heteroatoms. The number of hydrogen-bond acceptors (Lipinski definition) is 4. The highest BCUT2D eigenvalue weighted by Gasteiger charge is 2.13. The Kier molecular flexibility index (Phi) is 5.33. The molecule has 0 aromatic heterocycles. The van der Waals surface area contributed by atoms with Crippen molar-refractivity contribution >= 4 is 15.7 Å². The van der Waals surface area contributed by atoms with Crippen LogP contribution in [0.25, 0.3) is 0 Å². The van der Waals surface area contributed by atoms with Gasteiger partial charge in [0.05, 0.1) is 17.2 Å². The Morgan fingerprint density at radius 2 is 1.91 bits per heavy atom. The van der Waals surface area contributed by atoms with Crippen LogP contribution in [0.5, 0.6) is 5.75 Å². The molecule has 0 heterocycles. The van der Waals surface area contributed by atoms with E-state index in [-0.39, 0.29) is 4.90 Å². The first-order valence-electron chi connectivity index (χ1n) is 6.97. The van der Waals surface area contributed by atoms with Gasteiger partial charge in [-0.05, 0) is 50.2 Å². The molecular weight excluding hydrogens is 319 g/mol. The van der Waals surface area contributed by atoms with E-state index >= 15 is 0 Å². The number of nitrogens with zero attached hydrogens (tertiary/aromatic N) is 1. The van der Waals surface area contributed by atoms with Crippen molar-refractivity contribution in [1.29, 1.82) is 0 Å². The van der Waals surface area contributed by atoms with Gasteiger partial charge in [-0.15, -0.1) is 0 Å². The van der Waals surface area contributed by atoms with Gasteiger partial charge in [-0.25, -0.2) is 4.39 Å². The van der Waals surface area contributed by atoms with E-state index in [1.54, 1.807) is 25.1 Å². The Labute approximate surface area is 134 Å². The molecule has 0 spiro atoms. The molecule has 0 amide bonds. The molecule has 0 aliphatic carbocycles. The van der Waals surface area contributed by atoms with Gasteiger partial charge in [0, 0.05) is 5.56 Å². The summed E-state index contributed by atoms with van der Waals surface area (Å²) in [5, 5.41) is 3.82. The molecule has 0 bridgehead atoms. The van der Waals surface area contributed by atoms with E-state index in [0.717, 1.165) is 0 Å². The summed E-state index contributed by atoms with van der Waals surface area (Å²) in [6.07, 6.45) is 0. The average Bonchev–Trinajstić information content (AvgIpc) is 2.53. The molecule has 2 aromatic carbocycles. The summed E-state index contributed by atoms with van der Waals surface area (Å²) in [7, 11) is -3.79. The number of benzene rings is 2. The summed E-state index contributed by atoms with van der Waals surface area (Å²) < 4.78 is 42.8. The maximum atomic E-state index is 13.2. The summed E-state index contributed by atoms with van der Waals surface area (Å²) in [6.45, 7) is 3.94. The van der Waals surface area contributed by atoms with Crippen molar-refractivity contribution in [1.82, 2.24) is 4.83 Å². The van der Waals surface area contributed by atoms with E-state index in [2.05, 4.69) is 9.93 Å². The van der Waals surface area contributed by atoms with Crippen molar-refractivity contribution in [3.8, 4) is 5.75 Å². The lowest BCUT2D eigenvalue weighted by Crippen LogP contribution is -2.20. The SMILES string of the molecule is CCOc1ccc(S(=O)(=O)N/N=C(\C)c2cccc(F)c2)cc1. The molecule has 23 heavy (non-hydrogen) atoms. The zero-order valence-electron chi connectivity index (χ0n) is 12.8. The van der Waals surface area contributed by atoms with Gasteiger partial charge in [-0.1, -0.05) is 12.1 Å². The van der Waals surface area contributed by atoms with Crippen LogP contribution >= 0.6 is 0 Å². The van der Waals surface area contributed by atoms with Crippen LogP contribution in [-0.2, 0) is 10.0 Å². The van der Waals surface area contributed by atoms with Gasteiger partial charge in [-0.3, -0.25) is 0 Å². The maximum Gasteiger partial charge on any atom is 0.276 e. The molecule has 0 unspecified atom stereocenters. The second kappa shape index (κ2) is 7.23. The van der Waals surface area contributed by atoms with Gasteiger partial charge in [0.25, 0.3) is 10.0 Å². The molecule has 5 nitrogen and oxygen atoms in total. The predicted octanol–water partition coefficient (Wildman–Crippen LogP) is 2.93. The van der Waals surface area contributed by atoms with Crippen LogP contribution in [0.1, 0.15) is 19.4 Å². The summed E-state index contributed by atoms with van der Waals surface area (Å²) in [4.78, 5) is 2.21. The molecule has 0 fully saturated rings. The molecule has 0 saturated carbocycles. The van der Waals surface area contributed by atoms with Gasteiger partial charge in [0.15, 0.2) is 0 Å². The lowest BCUT2D eigenvalue weighted by Gasteiger charge is -2.07. The Hall–Kier alpha value is -2.41. The monoisotopic (exact) mass is 336 g/mol. The molecule has 0 saturated heterocycles. The van der Waals surface area contributed by atoms with Crippen LogP contribution in [0, 0.1) is 5.82 Å². The van der Waals surface area contributed by atoms with Crippen LogP contribution < -0.4 is 9.57 Å². The molecule has 0 atom stereocenters. The van der Waals surface area contributed by atoms with Crippen LogP contribution in [0.2, 0.25) is 0 Å². The summed E-state index contributed by atoms with van der Waals surface area (Å²) in [6, 6.07) is 11.8. The van der Waals surface area contributed by atoms with E-state index in [4.69, 9.17) is 4.74 Å². The van der Waals surface area contributed by atoms with Crippen LogP contribution in [0.3, 0.4) is 0 Å². The molecule has 0 radical (unpaired) electrons. The first kappa shape index (κ1) is 17.0. The van der Waals surface area contributed by atoms with Crippen molar-refractivity contribution in [2.24, 2.45) is 5.10 Å². The number of ether oxygens (including phenoxy) is 1. The first-order chi connectivity index (χ1) is 10.9. The normalized spacial score (nSPS) is 12.0. The zero-order chi connectivity index (χ0) is 16.9. The third kappa shape index (κ3) is 4.53. The fraction of sp³-hybridized carbons (Fsp3) is 0.188. The van der Waals surface area contributed by atoms with E-state index in [1.165, 1.54) is 30.3 Å². The van der Waals surface area contributed by atoms with Crippen molar-refractivity contribution in [2.45, 2.75) is 18.7 Å². The minimum absolute atomic E-state index is 0.0664.